The van der Waals surface area contributed by atoms with E-state index in [4.69, 9.17) is 9.84 Å². The van der Waals surface area contributed by atoms with Gasteiger partial charge in [-0.05, 0) is 30.2 Å². The number of hydrogen-bond donors (Lipinski definition) is 1. The lowest BCUT2D eigenvalue weighted by Gasteiger charge is -2.09. The minimum Gasteiger partial charge on any atom is -0.496 e. The molecule has 1 aromatic rings. The second-order valence-corrected chi connectivity index (χ2v) is 3.48. The van der Waals surface area contributed by atoms with E-state index < -0.39 is 5.97 Å². The summed E-state index contributed by atoms with van der Waals surface area (Å²) in [4.78, 5) is 10.9. The van der Waals surface area contributed by atoms with E-state index in [0.717, 1.165) is 11.1 Å². The smallest absolute Gasteiger partial charge is 0.339 e. The molecule has 1 N–H and O–H groups in total. The number of carbonyl (C=O) groups is 1. The monoisotopic (exact) mass is 258 g/mol. The van der Waals surface area contributed by atoms with E-state index in [1.807, 2.05) is 6.92 Å². The SMILES string of the molecule is COc1cc(C)c(CBr)cc1C(=O)O. The summed E-state index contributed by atoms with van der Waals surface area (Å²) in [6.45, 7) is 1.92. The molecule has 0 aliphatic heterocycles. The van der Waals surface area contributed by atoms with E-state index in [-0.39, 0.29) is 5.56 Å². The molecule has 0 unspecified atom stereocenters. The Balaban J connectivity index is 3.32. The zero-order chi connectivity index (χ0) is 10.7. The Kier molecular flexibility index (Phi) is 3.52. The van der Waals surface area contributed by atoms with E-state index in [9.17, 15) is 4.79 Å². The van der Waals surface area contributed by atoms with Gasteiger partial charge >= 0.3 is 5.97 Å². The van der Waals surface area contributed by atoms with Crippen LogP contribution in [-0.4, -0.2) is 18.2 Å². The van der Waals surface area contributed by atoms with Gasteiger partial charge in [-0.25, -0.2) is 4.79 Å². The summed E-state index contributed by atoms with van der Waals surface area (Å²) >= 11 is 3.30. The van der Waals surface area contributed by atoms with E-state index in [0.29, 0.717) is 11.1 Å². The van der Waals surface area contributed by atoms with Gasteiger partial charge in [-0.15, -0.1) is 0 Å². The van der Waals surface area contributed by atoms with Gasteiger partial charge in [0.05, 0.1) is 7.11 Å². The Morgan fingerprint density at radius 1 is 1.57 bits per heavy atom. The minimum atomic E-state index is -0.968. The van der Waals surface area contributed by atoms with Crippen molar-refractivity contribution in [2.45, 2.75) is 12.3 Å². The predicted molar refractivity (Wildman–Crippen MR) is 57.3 cm³/mol. The molecular weight excluding hydrogens is 248 g/mol. The number of aromatic carboxylic acids is 1. The summed E-state index contributed by atoms with van der Waals surface area (Å²) in [5.41, 5.74) is 2.18. The molecule has 0 saturated carbocycles. The number of carboxylic acid groups (broad SMARTS) is 1. The van der Waals surface area contributed by atoms with Gasteiger partial charge in [0.25, 0.3) is 0 Å². The quantitative estimate of drug-likeness (QED) is 0.848. The second kappa shape index (κ2) is 4.46. The highest BCUT2D eigenvalue weighted by Crippen LogP contribution is 2.24. The number of methoxy groups -OCH3 is 1. The zero-order valence-electron chi connectivity index (χ0n) is 8.00. The van der Waals surface area contributed by atoms with Crippen molar-refractivity contribution in [3.63, 3.8) is 0 Å². The van der Waals surface area contributed by atoms with Crippen molar-refractivity contribution in [1.29, 1.82) is 0 Å². The van der Waals surface area contributed by atoms with Gasteiger partial charge in [0, 0.05) is 5.33 Å². The van der Waals surface area contributed by atoms with Crippen LogP contribution in [0.1, 0.15) is 21.5 Å². The Morgan fingerprint density at radius 2 is 2.21 bits per heavy atom. The van der Waals surface area contributed by atoms with Crippen LogP contribution in [0.15, 0.2) is 12.1 Å². The fourth-order valence-electron chi connectivity index (χ4n) is 1.21. The van der Waals surface area contributed by atoms with Crippen LogP contribution in [0.4, 0.5) is 0 Å². The Morgan fingerprint density at radius 3 is 2.64 bits per heavy atom. The average molecular weight is 259 g/mol. The molecule has 14 heavy (non-hydrogen) atoms. The van der Waals surface area contributed by atoms with Crippen LogP contribution in [0.5, 0.6) is 5.75 Å². The number of rotatable bonds is 3. The Labute approximate surface area is 90.8 Å². The second-order valence-electron chi connectivity index (χ2n) is 2.92. The highest BCUT2D eigenvalue weighted by Gasteiger charge is 2.13. The van der Waals surface area contributed by atoms with E-state index in [1.54, 1.807) is 12.1 Å². The summed E-state index contributed by atoms with van der Waals surface area (Å²) in [6.07, 6.45) is 0. The molecule has 1 rings (SSSR count). The lowest BCUT2D eigenvalue weighted by atomic mass is 10.1. The number of ether oxygens (including phenoxy) is 1. The van der Waals surface area contributed by atoms with Crippen LogP contribution in [0.25, 0.3) is 0 Å². The first-order chi connectivity index (χ1) is 6.60. The molecule has 0 radical (unpaired) electrons. The van der Waals surface area contributed by atoms with Crippen LogP contribution in [0.2, 0.25) is 0 Å². The summed E-state index contributed by atoms with van der Waals surface area (Å²) < 4.78 is 4.99. The van der Waals surface area contributed by atoms with Crippen molar-refractivity contribution in [3.05, 3.63) is 28.8 Å². The number of carboxylic acids is 1. The van der Waals surface area contributed by atoms with E-state index in [2.05, 4.69) is 15.9 Å². The lowest BCUT2D eigenvalue weighted by molar-refractivity contribution is 0.0693. The van der Waals surface area contributed by atoms with Gasteiger partial charge in [0.2, 0.25) is 0 Å². The molecule has 0 atom stereocenters. The highest BCUT2D eigenvalue weighted by molar-refractivity contribution is 9.08. The summed E-state index contributed by atoms with van der Waals surface area (Å²) in [7, 11) is 1.47. The van der Waals surface area contributed by atoms with Crippen LogP contribution in [0, 0.1) is 6.92 Å². The fourth-order valence-corrected chi connectivity index (χ4v) is 1.81. The molecule has 0 spiro atoms. The zero-order valence-corrected chi connectivity index (χ0v) is 9.59. The third-order valence-corrected chi connectivity index (χ3v) is 2.64. The van der Waals surface area contributed by atoms with Gasteiger partial charge in [-0.2, -0.15) is 0 Å². The average Bonchev–Trinajstić information content (AvgIpc) is 2.16. The van der Waals surface area contributed by atoms with Gasteiger partial charge < -0.3 is 9.84 Å². The first-order valence-electron chi connectivity index (χ1n) is 4.07. The maximum atomic E-state index is 10.9. The Hall–Kier alpha value is -1.03. The van der Waals surface area contributed by atoms with Crippen LogP contribution in [-0.2, 0) is 5.33 Å². The number of benzene rings is 1. The number of alkyl halides is 1. The number of hydrogen-bond acceptors (Lipinski definition) is 2. The van der Waals surface area contributed by atoms with Gasteiger partial charge in [-0.3, -0.25) is 0 Å². The first kappa shape index (κ1) is 11.0. The Bertz CT molecular complexity index is 361. The maximum absolute atomic E-state index is 10.9. The molecule has 0 fully saturated rings. The normalized spacial score (nSPS) is 9.93. The van der Waals surface area contributed by atoms with Crippen LogP contribution in [0.3, 0.4) is 0 Å². The van der Waals surface area contributed by atoms with E-state index >= 15 is 0 Å². The van der Waals surface area contributed by atoms with Gasteiger partial charge in [0.1, 0.15) is 11.3 Å². The molecule has 76 valence electrons. The molecule has 0 aliphatic carbocycles. The topological polar surface area (TPSA) is 46.5 Å². The van der Waals surface area contributed by atoms with E-state index in [1.165, 1.54) is 7.11 Å². The molecule has 0 aliphatic rings. The highest BCUT2D eigenvalue weighted by atomic mass is 79.9. The molecule has 1 aromatic carbocycles. The number of aryl methyl sites for hydroxylation is 1. The van der Waals surface area contributed by atoms with Crippen LogP contribution >= 0.6 is 15.9 Å². The van der Waals surface area contributed by atoms with Gasteiger partial charge in [-0.1, -0.05) is 15.9 Å². The van der Waals surface area contributed by atoms with Crippen molar-refractivity contribution in [3.8, 4) is 5.75 Å². The third-order valence-electron chi connectivity index (χ3n) is 2.03. The van der Waals surface area contributed by atoms with Crippen molar-refractivity contribution >= 4 is 21.9 Å². The molecule has 0 aromatic heterocycles. The largest absolute Gasteiger partial charge is 0.496 e. The molecular formula is C10H11BrO3. The standard InChI is InChI=1S/C10H11BrO3/c1-6-3-9(14-2)8(10(12)13)4-7(6)5-11/h3-4H,5H2,1-2H3,(H,12,13). The third kappa shape index (κ3) is 2.07. The minimum absolute atomic E-state index is 0.201. The van der Waals surface area contributed by atoms with Crippen molar-refractivity contribution in [2.75, 3.05) is 7.11 Å². The molecule has 0 saturated heterocycles. The van der Waals surface area contributed by atoms with Crippen LogP contribution < -0.4 is 4.74 Å². The fraction of sp³-hybridized carbons (Fsp3) is 0.300. The lowest BCUT2D eigenvalue weighted by Crippen LogP contribution is -2.02. The molecule has 0 amide bonds. The summed E-state index contributed by atoms with van der Waals surface area (Å²) in [5, 5.41) is 9.55. The molecule has 0 bridgehead atoms. The predicted octanol–water partition coefficient (Wildman–Crippen LogP) is 2.60. The number of halogens is 1. The van der Waals surface area contributed by atoms with Crippen molar-refractivity contribution in [2.24, 2.45) is 0 Å². The molecule has 3 nitrogen and oxygen atoms in total. The molecule has 0 heterocycles. The maximum Gasteiger partial charge on any atom is 0.339 e. The summed E-state index contributed by atoms with van der Waals surface area (Å²) in [5.74, 6) is -0.566. The first-order valence-corrected chi connectivity index (χ1v) is 5.19. The molecule has 4 heteroatoms. The van der Waals surface area contributed by atoms with Crippen molar-refractivity contribution in [1.82, 2.24) is 0 Å². The summed E-state index contributed by atoms with van der Waals surface area (Å²) in [6, 6.07) is 3.37. The van der Waals surface area contributed by atoms with Crippen molar-refractivity contribution < 1.29 is 14.6 Å². The van der Waals surface area contributed by atoms with Gasteiger partial charge in [0.15, 0.2) is 0 Å².